The molecule has 0 fully saturated rings. The maximum atomic E-state index is 5.00. The van der Waals surface area contributed by atoms with Crippen molar-refractivity contribution >= 4 is 18.9 Å². The van der Waals surface area contributed by atoms with Crippen LogP contribution in [-0.4, -0.2) is 7.87 Å². The van der Waals surface area contributed by atoms with Gasteiger partial charge in [0.15, 0.2) is 0 Å². The van der Waals surface area contributed by atoms with E-state index in [1.54, 1.807) is 0 Å². The Balaban J connectivity index is 3.02. The molecule has 0 saturated heterocycles. The van der Waals surface area contributed by atoms with Gasteiger partial charge >= 0.3 is 7.87 Å². The SMILES string of the molecule is N[Si](N)(N)Cl. The summed E-state index contributed by atoms with van der Waals surface area (Å²) < 4.78 is 0. The summed E-state index contributed by atoms with van der Waals surface area (Å²) in [5.74, 6) is 0. The lowest BCUT2D eigenvalue weighted by molar-refractivity contribution is 1.52. The van der Waals surface area contributed by atoms with Crippen molar-refractivity contribution in [1.29, 1.82) is 0 Å². The van der Waals surface area contributed by atoms with Crippen LogP contribution in [-0.2, 0) is 0 Å². The molecule has 3 nitrogen and oxygen atoms in total. The molecular formula is H6ClN3Si. The van der Waals surface area contributed by atoms with E-state index in [0.29, 0.717) is 0 Å². The second-order valence-corrected chi connectivity index (χ2v) is 4.45. The van der Waals surface area contributed by atoms with Crippen molar-refractivity contribution in [3.05, 3.63) is 0 Å². The van der Waals surface area contributed by atoms with E-state index in [-0.39, 0.29) is 0 Å². The number of halogens is 1. The summed E-state index contributed by atoms with van der Waals surface area (Å²) in [5, 5.41) is 14.4. The van der Waals surface area contributed by atoms with E-state index in [2.05, 4.69) is 0 Å². The number of nitrogens with two attached hydrogens (primary N) is 3. The highest BCUT2D eigenvalue weighted by atomic mass is 35.6. The molecule has 0 aromatic rings. The Kier molecular flexibility index (Phi) is 1.33. The molecule has 0 aliphatic rings. The molecule has 32 valence electrons. The van der Waals surface area contributed by atoms with Gasteiger partial charge in [-0.25, -0.2) is 0 Å². The minimum Gasteiger partial charge on any atom is -0.315 e. The molecule has 0 heterocycles. The smallest absolute Gasteiger partial charge is 0.315 e. The minimum absolute atomic E-state index is 2.64. The molecule has 0 aromatic heterocycles. The van der Waals surface area contributed by atoms with Crippen molar-refractivity contribution in [3.63, 3.8) is 0 Å². The van der Waals surface area contributed by atoms with E-state index in [4.69, 9.17) is 27.3 Å². The molecule has 0 aliphatic carbocycles. The molecule has 5 heteroatoms. The largest absolute Gasteiger partial charge is 0.376 e. The molecule has 5 heavy (non-hydrogen) atoms. The molecule has 0 atom stereocenters. The molecule has 0 amide bonds. The van der Waals surface area contributed by atoms with Crippen LogP contribution in [0.5, 0.6) is 0 Å². The van der Waals surface area contributed by atoms with Gasteiger partial charge in [0.05, 0.1) is 0 Å². The van der Waals surface area contributed by atoms with Gasteiger partial charge in [-0.2, -0.15) is 0 Å². The van der Waals surface area contributed by atoms with Crippen molar-refractivity contribution in [3.8, 4) is 0 Å². The van der Waals surface area contributed by atoms with Gasteiger partial charge in [-0.15, -0.1) is 11.1 Å². The lowest BCUT2D eigenvalue weighted by Crippen LogP contribution is -2.59. The first-order valence-corrected chi connectivity index (χ1v) is 4.30. The van der Waals surface area contributed by atoms with Gasteiger partial charge in [0, 0.05) is 0 Å². The fourth-order valence-corrected chi connectivity index (χ4v) is 0. The van der Waals surface area contributed by atoms with E-state index in [0.717, 1.165) is 0 Å². The average molecular weight is 112 g/mol. The Morgan fingerprint density at radius 3 is 1.20 bits per heavy atom. The standard InChI is InChI=1S/ClH6N3Si/c1-5(2,3)4/h2-4H2. The number of rotatable bonds is 0. The Labute approximate surface area is 36.0 Å². The quantitative estimate of drug-likeness (QED) is 0.264. The highest BCUT2D eigenvalue weighted by Gasteiger charge is 2.08. The fourth-order valence-electron chi connectivity index (χ4n) is 0. The highest BCUT2D eigenvalue weighted by Crippen LogP contribution is 1.71. The first-order valence-electron chi connectivity index (χ1n) is 1.06. The zero-order chi connectivity index (χ0) is 4.50. The van der Waals surface area contributed by atoms with Gasteiger partial charge in [0.1, 0.15) is 0 Å². The van der Waals surface area contributed by atoms with Crippen LogP contribution < -0.4 is 16.2 Å². The van der Waals surface area contributed by atoms with Gasteiger partial charge < -0.3 is 16.2 Å². The molecule has 0 aromatic carbocycles. The second kappa shape index (κ2) is 1.23. The van der Waals surface area contributed by atoms with E-state index in [9.17, 15) is 0 Å². The normalized spacial score (nSPS) is 12.0. The summed E-state index contributed by atoms with van der Waals surface area (Å²) in [7, 11) is -2.64. The molecular weight excluding hydrogens is 106 g/mol. The highest BCUT2D eigenvalue weighted by molar-refractivity contribution is 7.14. The Hall–Kier alpha value is 0.387. The van der Waals surface area contributed by atoms with Crippen LogP contribution in [0.3, 0.4) is 0 Å². The summed E-state index contributed by atoms with van der Waals surface area (Å²) in [4.78, 5) is 0. The van der Waals surface area contributed by atoms with E-state index in [1.807, 2.05) is 0 Å². The lowest BCUT2D eigenvalue weighted by atomic mass is 13.8. The maximum absolute atomic E-state index is 5.00. The third-order valence-electron chi connectivity index (χ3n) is 0. The first-order chi connectivity index (χ1) is 2.00. The Morgan fingerprint density at radius 1 is 1.20 bits per heavy atom. The third kappa shape index (κ3) is 167. The van der Waals surface area contributed by atoms with Crippen LogP contribution >= 0.6 is 11.1 Å². The van der Waals surface area contributed by atoms with E-state index in [1.165, 1.54) is 0 Å². The predicted molar refractivity (Wildman–Crippen MR) is 24.2 cm³/mol. The zero-order valence-electron chi connectivity index (χ0n) is 2.61. The molecule has 0 saturated carbocycles. The Morgan fingerprint density at radius 2 is 1.20 bits per heavy atom. The van der Waals surface area contributed by atoms with Crippen LogP contribution in [0.15, 0.2) is 0 Å². The molecule has 0 spiro atoms. The summed E-state index contributed by atoms with van der Waals surface area (Å²) >= 11 is 5.00. The first kappa shape index (κ1) is 5.39. The van der Waals surface area contributed by atoms with Crippen molar-refractivity contribution in [2.45, 2.75) is 0 Å². The lowest BCUT2D eigenvalue weighted by Gasteiger charge is -1.97. The molecule has 0 bridgehead atoms. The van der Waals surface area contributed by atoms with Crippen LogP contribution in [0.4, 0.5) is 0 Å². The zero-order valence-corrected chi connectivity index (χ0v) is 4.37. The minimum atomic E-state index is -2.64. The summed E-state index contributed by atoms with van der Waals surface area (Å²) in [6.07, 6.45) is 0. The van der Waals surface area contributed by atoms with Crippen molar-refractivity contribution in [1.82, 2.24) is 0 Å². The monoisotopic (exact) mass is 111 g/mol. The topological polar surface area (TPSA) is 78.1 Å². The van der Waals surface area contributed by atoms with Crippen molar-refractivity contribution < 1.29 is 0 Å². The van der Waals surface area contributed by atoms with Gasteiger partial charge in [0.2, 0.25) is 0 Å². The molecule has 0 aliphatic heterocycles. The Bertz CT molecular complexity index is 22.4. The number of hydrogen-bond acceptors (Lipinski definition) is 3. The van der Waals surface area contributed by atoms with Crippen LogP contribution in [0.25, 0.3) is 0 Å². The van der Waals surface area contributed by atoms with Crippen molar-refractivity contribution in [2.75, 3.05) is 0 Å². The fraction of sp³-hybridized carbons (Fsp3) is 0. The molecule has 6 N–H and O–H groups in total. The van der Waals surface area contributed by atoms with Gasteiger partial charge in [0.25, 0.3) is 0 Å². The summed E-state index contributed by atoms with van der Waals surface area (Å²) in [5.41, 5.74) is 0. The maximum Gasteiger partial charge on any atom is 0.376 e. The van der Waals surface area contributed by atoms with Gasteiger partial charge in [-0.05, 0) is 0 Å². The average Bonchev–Trinajstić information content (AvgIpc) is 0.722. The van der Waals surface area contributed by atoms with Gasteiger partial charge in [-0.3, -0.25) is 0 Å². The van der Waals surface area contributed by atoms with Crippen molar-refractivity contribution in [2.24, 2.45) is 16.2 Å². The predicted octanol–water partition coefficient (Wildman–Crippen LogP) is -1.46. The molecule has 0 radical (unpaired) electrons. The van der Waals surface area contributed by atoms with Gasteiger partial charge in [-0.1, -0.05) is 0 Å². The van der Waals surface area contributed by atoms with E-state index >= 15 is 0 Å². The second-order valence-electron chi connectivity index (χ2n) is 0.827. The third-order valence-corrected chi connectivity index (χ3v) is 0. The number of hydrogen-bond donors (Lipinski definition) is 3. The summed E-state index contributed by atoms with van der Waals surface area (Å²) in [6.45, 7) is 0. The van der Waals surface area contributed by atoms with Crippen LogP contribution in [0, 0.1) is 0 Å². The molecule has 0 rings (SSSR count). The van der Waals surface area contributed by atoms with Crippen LogP contribution in [0.2, 0.25) is 0 Å². The van der Waals surface area contributed by atoms with E-state index < -0.39 is 7.87 Å². The molecule has 0 unspecified atom stereocenters. The van der Waals surface area contributed by atoms with Crippen LogP contribution in [0.1, 0.15) is 0 Å². The summed E-state index contributed by atoms with van der Waals surface area (Å²) in [6, 6.07) is 0.